The van der Waals surface area contributed by atoms with E-state index in [9.17, 15) is 44.1 Å². The molecule has 6 N–H and O–H groups in total. The van der Waals surface area contributed by atoms with Crippen molar-refractivity contribution in [3.05, 3.63) is 121 Å². The van der Waals surface area contributed by atoms with E-state index in [-0.39, 0.29) is 50.0 Å². The second-order valence-corrected chi connectivity index (χ2v) is 11.0. The van der Waals surface area contributed by atoms with Crippen molar-refractivity contribution in [3.63, 3.8) is 0 Å². The summed E-state index contributed by atoms with van der Waals surface area (Å²) in [5.41, 5.74) is -4.75. The van der Waals surface area contributed by atoms with Gasteiger partial charge in [0.2, 0.25) is 0 Å². The predicted octanol–water partition coefficient (Wildman–Crippen LogP) is 2.18. The van der Waals surface area contributed by atoms with E-state index in [4.69, 9.17) is 11.4 Å². The first-order valence-corrected chi connectivity index (χ1v) is 14.6. The molecule has 0 spiro atoms. The molecule has 0 fully saturated rings. The third-order valence-corrected chi connectivity index (χ3v) is 8.06. The third-order valence-electron chi connectivity index (χ3n) is 6.84. The van der Waals surface area contributed by atoms with Crippen LogP contribution in [-0.4, -0.2) is 63.3 Å². The van der Waals surface area contributed by atoms with Gasteiger partial charge in [-0.1, -0.05) is 36.4 Å². The number of para-hydroxylation sites is 3. The van der Waals surface area contributed by atoms with Crippen molar-refractivity contribution in [1.29, 1.82) is 0 Å². The first kappa shape index (κ1) is 29.7. The van der Waals surface area contributed by atoms with Gasteiger partial charge in [0, 0.05) is 16.2 Å². The van der Waals surface area contributed by atoms with Gasteiger partial charge in [-0.25, -0.2) is 14.4 Å². The minimum absolute atomic E-state index is 0.0267. The number of aromatic amines is 3. The number of aromatic hydroxyl groups is 3. The highest BCUT2D eigenvalue weighted by molar-refractivity contribution is 6.45. The number of carbonyl (C=O) groups is 3. The number of benzene rings is 3. The highest BCUT2D eigenvalue weighted by atomic mass is 27.3. The molecule has 3 heterocycles. The Balaban J connectivity index is 1.35. The lowest BCUT2D eigenvalue weighted by Crippen LogP contribution is -2.38. The number of aromatic nitrogens is 3. The van der Waals surface area contributed by atoms with Gasteiger partial charge in [-0.15, -0.1) is 0 Å². The topological polar surface area (TPSA) is 238 Å². The summed E-state index contributed by atoms with van der Waals surface area (Å²) in [6, 6.07) is 16.0. The molecular weight excluding hydrogens is 621 g/mol. The maximum Gasteiger partial charge on any atom is 1.20 e. The SMILES string of the molecule is O=C([O][Al]([O]C(=O)c1cc2cccc(O)c2[nH]c1=O)[O]C(=O)c1cc2cccc(O)c2[nH]c1=O)c1cc2cccc(O)c2[nH]c1=O. The zero-order valence-corrected chi connectivity index (χ0v) is 24.2. The van der Waals surface area contributed by atoms with Crippen LogP contribution in [0.3, 0.4) is 0 Å². The van der Waals surface area contributed by atoms with E-state index in [1.807, 2.05) is 0 Å². The fourth-order valence-electron chi connectivity index (χ4n) is 4.63. The molecule has 3 aromatic carbocycles. The second kappa shape index (κ2) is 11.6. The van der Waals surface area contributed by atoms with Crippen LogP contribution >= 0.6 is 0 Å². The molecular formula is C30H18AlN3O12. The number of nitrogens with one attached hydrogen (secondary N) is 3. The number of phenols is 3. The fourth-order valence-corrected chi connectivity index (χ4v) is 5.68. The van der Waals surface area contributed by atoms with Gasteiger partial charge in [0.25, 0.3) is 16.7 Å². The Kier molecular flexibility index (Phi) is 7.50. The van der Waals surface area contributed by atoms with E-state index in [1.54, 1.807) is 0 Å². The third kappa shape index (κ3) is 5.52. The van der Waals surface area contributed by atoms with E-state index in [1.165, 1.54) is 54.6 Å². The van der Waals surface area contributed by atoms with Crippen LogP contribution in [0, 0.1) is 0 Å². The Morgan fingerprint density at radius 3 is 1.07 bits per heavy atom. The van der Waals surface area contributed by atoms with Gasteiger partial charge in [-0.2, -0.15) is 0 Å². The minimum atomic E-state index is -4.35. The summed E-state index contributed by atoms with van der Waals surface area (Å²) in [4.78, 5) is 84.5. The normalized spacial score (nSPS) is 11.0. The lowest BCUT2D eigenvalue weighted by atomic mass is 10.1. The lowest BCUT2D eigenvalue weighted by Gasteiger charge is -2.14. The second-order valence-electron chi connectivity index (χ2n) is 9.77. The molecule has 3 aromatic heterocycles. The summed E-state index contributed by atoms with van der Waals surface area (Å²) >= 11 is -4.35. The molecule has 0 saturated heterocycles. The van der Waals surface area contributed by atoms with E-state index in [0.29, 0.717) is 0 Å². The van der Waals surface area contributed by atoms with Crippen molar-refractivity contribution >= 4 is 65.8 Å². The van der Waals surface area contributed by atoms with Crippen LogP contribution < -0.4 is 16.7 Å². The van der Waals surface area contributed by atoms with Crippen LogP contribution in [0.25, 0.3) is 32.7 Å². The summed E-state index contributed by atoms with van der Waals surface area (Å²) in [7, 11) is 0. The molecule has 0 aliphatic carbocycles. The van der Waals surface area contributed by atoms with Crippen LogP contribution in [0.5, 0.6) is 17.2 Å². The predicted molar refractivity (Wildman–Crippen MR) is 161 cm³/mol. The molecule has 0 radical (unpaired) electrons. The van der Waals surface area contributed by atoms with E-state index >= 15 is 0 Å². The highest BCUT2D eigenvalue weighted by Crippen LogP contribution is 2.24. The van der Waals surface area contributed by atoms with Crippen molar-refractivity contribution in [2.75, 3.05) is 0 Å². The standard InChI is InChI=1S/3C10H7NO4.Al/c3*12-7-3-1-2-5-4-6(10(14)15)9(13)11-8(5)7;/h3*1-4,12H,(H,11,13)(H,14,15);/q;;;+3/p-3. The van der Waals surface area contributed by atoms with Gasteiger partial charge in [-0.3, -0.25) is 14.4 Å². The fraction of sp³-hybridized carbons (Fsp3) is 0. The van der Waals surface area contributed by atoms with Crippen molar-refractivity contribution in [2.45, 2.75) is 0 Å². The quantitative estimate of drug-likeness (QED) is 0.144. The number of H-pyrrole nitrogens is 3. The van der Waals surface area contributed by atoms with Gasteiger partial charge < -0.3 is 41.6 Å². The Morgan fingerprint density at radius 2 is 0.783 bits per heavy atom. The number of carbonyl (C=O) groups excluding carboxylic acids is 3. The average molecular weight is 639 g/mol. The van der Waals surface area contributed by atoms with Crippen molar-refractivity contribution in [3.8, 4) is 17.2 Å². The van der Waals surface area contributed by atoms with Crippen molar-refractivity contribution < 1.29 is 41.1 Å². The lowest BCUT2D eigenvalue weighted by molar-refractivity contribution is 0.0408. The monoisotopic (exact) mass is 639 g/mol. The molecule has 6 aromatic rings. The van der Waals surface area contributed by atoms with Crippen LogP contribution in [0.4, 0.5) is 0 Å². The van der Waals surface area contributed by atoms with Crippen LogP contribution in [0.2, 0.25) is 0 Å². The zero-order chi connectivity index (χ0) is 32.7. The number of hydrogen-bond acceptors (Lipinski definition) is 12. The molecule has 0 unspecified atom stereocenters. The molecule has 0 amide bonds. The Bertz CT molecular complexity index is 2160. The summed E-state index contributed by atoms with van der Waals surface area (Å²) in [5.74, 6) is -4.98. The maximum absolute atomic E-state index is 13.2. The van der Waals surface area contributed by atoms with Crippen LogP contribution in [-0.2, 0) is 11.4 Å². The number of phenolic OH excluding ortho intramolecular Hbond substituents is 3. The minimum Gasteiger partial charge on any atom is -0.547 e. The average Bonchev–Trinajstić information content (AvgIpc) is 3.01. The molecule has 15 nitrogen and oxygen atoms in total. The van der Waals surface area contributed by atoms with Gasteiger partial charge in [0.05, 0.1) is 16.6 Å². The van der Waals surface area contributed by atoms with E-state index < -0.39 is 66.4 Å². The van der Waals surface area contributed by atoms with Gasteiger partial charge >= 0.3 is 33.1 Å². The van der Waals surface area contributed by atoms with E-state index in [0.717, 1.165) is 18.2 Å². The Labute approximate surface area is 259 Å². The molecule has 0 aliphatic rings. The molecule has 16 heteroatoms. The molecule has 46 heavy (non-hydrogen) atoms. The largest absolute Gasteiger partial charge is 1.20 e. The first-order valence-electron chi connectivity index (χ1n) is 13.2. The molecule has 0 aliphatic heterocycles. The Hall–Kier alpha value is -6.37. The number of rotatable bonds is 6. The number of pyridine rings is 3. The molecule has 0 bridgehead atoms. The van der Waals surface area contributed by atoms with Gasteiger partial charge in [0.15, 0.2) is 0 Å². The van der Waals surface area contributed by atoms with E-state index in [2.05, 4.69) is 15.0 Å². The van der Waals surface area contributed by atoms with Crippen molar-refractivity contribution in [2.24, 2.45) is 0 Å². The maximum atomic E-state index is 13.2. The van der Waals surface area contributed by atoms with Crippen molar-refractivity contribution in [1.82, 2.24) is 15.0 Å². The number of fused-ring (bicyclic) bond motifs is 3. The highest BCUT2D eigenvalue weighted by Gasteiger charge is 2.50. The Morgan fingerprint density at radius 1 is 0.500 bits per heavy atom. The molecule has 0 atom stereocenters. The van der Waals surface area contributed by atoms with Crippen LogP contribution in [0.1, 0.15) is 31.1 Å². The van der Waals surface area contributed by atoms with Gasteiger partial charge in [0.1, 0.15) is 33.9 Å². The zero-order valence-electron chi connectivity index (χ0n) is 23.0. The summed E-state index contributed by atoms with van der Waals surface area (Å²) in [6.45, 7) is 0. The summed E-state index contributed by atoms with van der Waals surface area (Å²) < 4.78 is 15.6. The summed E-state index contributed by atoms with van der Waals surface area (Å²) in [6.07, 6.45) is 0. The molecule has 6 rings (SSSR count). The summed E-state index contributed by atoms with van der Waals surface area (Å²) in [5, 5.41) is 30.7. The number of hydrogen-bond donors (Lipinski definition) is 6. The molecule has 228 valence electrons. The first-order chi connectivity index (χ1) is 22.0. The molecule has 0 saturated carbocycles. The van der Waals surface area contributed by atoms with Crippen LogP contribution in [0.15, 0.2) is 87.2 Å². The van der Waals surface area contributed by atoms with Gasteiger partial charge in [-0.05, 0) is 36.4 Å². The smallest absolute Gasteiger partial charge is 0.547 e.